The molecule has 170 valence electrons. The summed E-state index contributed by atoms with van der Waals surface area (Å²) in [5.41, 5.74) is 2.08. The van der Waals surface area contributed by atoms with Gasteiger partial charge >= 0.3 is 0 Å². The molecule has 4 rings (SSSR count). The molecule has 2 aromatic carbocycles. The highest BCUT2D eigenvalue weighted by atomic mass is 32.2. The molecule has 1 saturated carbocycles. The molecule has 1 aliphatic rings. The third-order valence-electron chi connectivity index (χ3n) is 5.67. The molecular weight excluding hydrogens is 443 g/mol. The van der Waals surface area contributed by atoms with Crippen molar-refractivity contribution in [2.45, 2.75) is 37.8 Å². The lowest BCUT2D eigenvalue weighted by Crippen LogP contribution is -2.51. The molecule has 10 heteroatoms. The summed E-state index contributed by atoms with van der Waals surface area (Å²) in [6.45, 7) is 1.45. The van der Waals surface area contributed by atoms with Gasteiger partial charge in [0.2, 0.25) is 15.9 Å². The molecule has 1 aliphatic carbocycles. The first-order chi connectivity index (χ1) is 15.0. The van der Waals surface area contributed by atoms with Crippen LogP contribution >= 0.6 is 0 Å². The van der Waals surface area contributed by atoms with Crippen molar-refractivity contribution in [1.82, 2.24) is 15.0 Å². The lowest BCUT2D eigenvalue weighted by atomic mass is 9.74. The Labute approximate surface area is 183 Å². The fourth-order valence-corrected chi connectivity index (χ4v) is 4.93. The summed E-state index contributed by atoms with van der Waals surface area (Å²) in [7, 11) is -3.52. The van der Waals surface area contributed by atoms with Gasteiger partial charge < -0.3 is 10.3 Å². The van der Waals surface area contributed by atoms with E-state index in [0.717, 1.165) is 12.3 Å². The van der Waals surface area contributed by atoms with Gasteiger partial charge in [0.1, 0.15) is 17.5 Å². The molecule has 1 amide bonds. The van der Waals surface area contributed by atoms with Crippen molar-refractivity contribution in [2.75, 3.05) is 6.26 Å². The van der Waals surface area contributed by atoms with Gasteiger partial charge in [-0.25, -0.2) is 26.3 Å². The minimum atomic E-state index is -3.52. The highest BCUT2D eigenvalue weighted by molar-refractivity contribution is 7.88. The van der Waals surface area contributed by atoms with E-state index >= 15 is 0 Å². The normalized spacial score (nSPS) is 19.5. The van der Waals surface area contributed by atoms with Crippen LogP contribution in [-0.2, 0) is 14.8 Å². The summed E-state index contributed by atoms with van der Waals surface area (Å²) in [6.07, 6.45) is 2.00. The van der Waals surface area contributed by atoms with Crippen LogP contribution in [0.2, 0.25) is 0 Å². The number of benzene rings is 2. The van der Waals surface area contributed by atoms with Crippen LogP contribution in [0.25, 0.3) is 22.2 Å². The zero-order chi connectivity index (χ0) is 23.2. The molecule has 0 bridgehead atoms. The van der Waals surface area contributed by atoms with Gasteiger partial charge in [0.15, 0.2) is 0 Å². The molecular formula is C22H22F3N3O3S. The van der Waals surface area contributed by atoms with Crippen molar-refractivity contribution in [3.63, 3.8) is 0 Å². The van der Waals surface area contributed by atoms with Gasteiger partial charge in [-0.1, -0.05) is 0 Å². The van der Waals surface area contributed by atoms with E-state index in [9.17, 15) is 26.4 Å². The molecule has 1 fully saturated rings. The number of sulfonamides is 1. The number of halogens is 3. The average molecular weight is 465 g/mol. The number of rotatable bonds is 6. The van der Waals surface area contributed by atoms with Crippen LogP contribution in [0, 0.1) is 17.5 Å². The standard InChI is InChI=1S/C22H22F3N3O3S/c1-11(28-32(2,30)31)22(29)26-16-7-13(8-16)19-17-9-15(24)10-18(25)21(17)27-20(19)12-3-5-14(23)6-4-12/h3-6,9-11,13,16,27-28H,7-8H2,1-2H3,(H,26,29). The smallest absolute Gasteiger partial charge is 0.238 e. The summed E-state index contributed by atoms with van der Waals surface area (Å²) >= 11 is 0. The van der Waals surface area contributed by atoms with Crippen LogP contribution in [0.15, 0.2) is 36.4 Å². The van der Waals surface area contributed by atoms with E-state index in [1.165, 1.54) is 25.1 Å². The van der Waals surface area contributed by atoms with Gasteiger partial charge in [-0.05, 0) is 67.1 Å². The molecule has 1 aromatic heterocycles. The Kier molecular flexibility index (Phi) is 5.76. The maximum absolute atomic E-state index is 14.4. The summed E-state index contributed by atoms with van der Waals surface area (Å²) in [5.74, 6) is -2.39. The first kappa shape index (κ1) is 22.3. The van der Waals surface area contributed by atoms with Crippen molar-refractivity contribution in [2.24, 2.45) is 0 Å². The highest BCUT2D eigenvalue weighted by Crippen LogP contribution is 2.45. The third-order valence-corrected chi connectivity index (χ3v) is 6.46. The molecule has 0 aliphatic heterocycles. The predicted octanol–water partition coefficient (Wildman–Crippen LogP) is 3.55. The van der Waals surface area contributed by atoms with Gasteiger partial charge in [-0.2, -0.15) is 0 Å². The number of fused-ring (bicyclic) bond motifs is 1. The largest absolute Gasteiger partial charge is 0.352 e. The van der Waals surface area contributed by atoms with Gasteiger partial charge in [0.25, 0.3) is 0 Å². The van der Waals surface area contributed by atoms with Crippen LogP contribution in [0.1, 0.15) is 31.2 Å². The zero-order valence-corrected chi connectivity index (χ0v) is 18.2. The number of hydrogen-bond donors (Lipinski definition) is 3. The number of amides is 1. The number of carbonyl (C=O) groups excluding carboxylic acids is 1. The van der Waals surface area contributed by atoms with Crippen molar-refractivity contribution < 1.29 is 26.4 Å². The van der Waals surface area contributed by atoms with Crippen molar-refractivity contribution in [1.29, 1.82) is 0 Å². The van der Waals surface area contributed by atoms with E-state index in [2.05, 4.69) is 15.0 Å². The fourth-order valence-electron chi connectivity index (χ4n) is 4.18. The zero-order valence-electron chi connectivity index (χ0n) is 17.4. The Bertz CT molecular complexity index is 1280. The van der Waals surface area contributed by atoms with Crippen molar-refractivity contribution >= 4 is 26.8 Å². The van der Waals surface area contributed by atoms with Gasteiger partial charge in [0.05, 0.1) is 23.5 Å². The van der Waals surface area contributed by atoms with Gasteiger partial charge in [-0.15, -0.1) is 0 Å². The Morgan fingerprint density at radius 2 is 1.75 bits per heavy atom. The topological polar surface area (TPSA) is 91.1 Å². The van der Waals surface area contributed by atoms with E-state index in [0.29, 0.717) is 35.0 Å². The van der Waals surface area contributed by atoms with Crippen molar-refractivity contribution in [3.8, 4) is 11.3 Å². The second-order valence-electron chi connectivity index (χ2n) is 8.22. The van der Waals surface area contributed by atoms with Crippen LogP contribution in [0.5, 0.6) is 0 Å². The Balaban J connectivity index is 1.60. The number of aromatic amines is 1. The number of aromatic nitrogens is 1. The first-order valence-corrected chi connectivity index (χ1v) is 11.9. The van der Waals surface area contributed by atoms with Crippen molar-refractivity contribution in [3.05, 3.63) is 59.4 Å². The monoisotopic (exact) mass is 465 g/mol. The van der Waals surface area contributed by atoms with E-state index < -0.39 is 39.4 Å². The molecule has 6 nitrogen and oxygen atoms in total. The van der Waals surface area contributed by atoms with E-state index in [1.807, 2.05) is 0 Å². The Hall–Kier alpha value is -2.85. The SMILES string of the molecule is CC(NS(C)(=O)=O)C(=O)NC1CC(c2c(-c3ccc(F)cc3)[nH]c3c(F)cc(F)cc23)C1. The van der Waals surface area contributed by atoms with Crippen LogP contribution in [0.4, 0.5) is 13.2 Å². The molecule has 0 spiro atoms. The summed E-state index contributed by atoms with van der Waals surface area (Å²) in [5, 5.41) is 3.20. The van der Waals surface area contributed by atoms with Crippen LogP contribution in [0.3, 0.4) is 0 Å². The molecule has 3 N–H and O–H groups in total. The van der Waals surface area contributed by atoms with Crippen LogP contribution in [-0.4, -0.2) is 37.6 Å². The molecule has 3 aromatic rings. The predicted molar refractivity (Wildman–Crippen MR) is 115 cm³/mol. The molecule has 0 radical (unpaired) electrons. The Morgan fingerprint density at radius 1 is 1.09 bits per heavy atom. The maximum atomic E-state index is 14.4. The molecule has 1 unspecified atom stereocenters. The molecule has 0 saturated heterocycles. The van der Waals surface area contributed by atoms with E-state index in [-0.39, 0.29) is 17.5 Å². The van der Waals surface area contributed by atoms with Gasteiger partial charge in [-0.3, -0.25) is 4.79 Å². The number of hydrogen-bond acceptors (Lipinski definition) is 3. The van der Waals surface area contributed by atoms with Crippen LogP contribution < -0.4 is 10.0 Å². The van der Waals surface area contributed by atoms with Gasteiger partial charge in [0, 0.05) is 17.5 Å². The molecule has 1 heterocycles. The maximum Gasteiger partial charge on any atom is 0.238 e. The fraction of sp³-hybridized carbons (Fsp3) is 0.318. The minimum Gasteiger partial charge on any atom is -0.352 e. The number of carbonyl (C=O) groups is 1. The second kappa shape index (κ2) is 8.25. The number of H-pyrrole nitrogens is 1. The molecule has 32 heavy (non-hydrogen) atoms. The average Bonchev–Trinajstić information content (AvgIpc) is 3.02. The molecule has 1 atom stereocenters. The summed E-state index contributed by atoms with van der Waals surface area (Å²) in [6, 6.07) is 6.65. The minimum absolute atomic E-state index is 0.103. The summed E-state index contributed by atoms with van der Waals surface area (Å²) < 4.78 is 66.7. The number of nitrogens with one attached hydrogen (secondary N) is 3. The highest BCUT2D eigenvalue weighted by Gasteiger charge is 2.36. The second-order valence-corrected chi connectivity index (χ2v) is 10.00. The van der Waals surface area contributed by atoms with E-state index in [4.69, 9.17) is 0 Å². The first-order valence-electron chi connectivity index (χ1n) is 10.1. The van der Waals surface area contributed by atoms with E-state index in [1.54, 1.807) is 12.1 Å². The summed E-state index contributed by atoms with van der Waals surface area (Å²) in [4.78, 5) is 15.3. The third kappa shape index (κ3) is 4.51. The lowest BCUT2D eigenvalue weighted by molar-refractivity contribution is -0.123. The Morgan fingerprint density at radius 3 is 2.38 bits per heavy atom. The lowest BCUT2D eigenvalue weighted by Gasteiger charge is -2.37. The quantitative estimate of drug-likeness (QED) is 0.520.